The zero-order chi connectivity index (χ0) is 14.8. The zero-order valence-electron chi connectivity index (χ0n) is 12.4. The lowest BCUT2D eigenvalue weighted by Gasteiger charge is -2.40. The van der Waals surface area contributed by atoms with Gasteiger partial charge in [-0.2, -0.15) is 0 Å². The molecule has 21 heavy (non-hydrogen) atoms. The standard InChI is InChI=1S/C16H23N3O2/c1-2-11-5-3-4-6-15(11)21-13-9-19(10-13)16(20)14-7-12(17)8-18-14/h3-6,12-14,18H,2,7-10,17H2,1H3/t12-,14+/m1/s1. The second kappa shape index (κ2) is 6.03. The Kier molecular flexibility index (Phi) is 4.12. The first kappa shape index (κ1) is 14.4. The van der Waals surface area contributed by atoms with Crippen molar-refractivity contribution >= 4 is 5.91 Å². The Morgan fingerprint density at radius 2 is 2.19 bits per heavy atom. The molecule has 2 aliphatic heterocycles. The quantitative estimate of drug-likeness (QED) is 0.848. The van der Waals surface area contributed by atoms with Crippen LogP contribution < -0.4 is 15.8 Å². The fourth-order valence-corrected chi connectivity index (χ4v) is 2.95. The molecule has 2 saturated heterocycles. The van der Waals surface area contributed by atoms with Gasteiger partial charge in [-0.3, -0.25) is 4.79 Å². The molecule has 0 spiro atoms. The van der Waals surface area contributed by atoms with Crippen LogP contribution in [0.4, 0.5) is 0 Å². The van der Waals surface area contributed by atoms with Crippen molar-refractivity contribution in [2.75, 3.05) is 19.6 Å². The van der Waals surface area contributed by atoms with Crippen LogP contribution >= 0.6 is 0 Å². The van der Waals surface area contributed by atoms with E-state index in [0.717, 1.165) is 25.1 Å². The van der Waals surface area contributed by atoms with Crippen molar-refractivity contribution in [2.45, 2.75) is 38.0 Å². The molecular formula is C16H23N3O2. The van der Waals surface area contributed by atoms with E-state index in [1.807, 2.05) is 23.1 Å². The molecular weight excluding hydrogens is 266 g/mol. The molecule has 0 aliphatic carbocycles. The molecule has 5 heteroatoms. The third-order valence-electron chi connectivity index (χ3n) is 4.27. The van der Waals surface area contributed by atoms with Crippen LogP contribution in [0.15, 0.2) is 24.3 Å². The number of ether oxygens (including phenoxy) is 1. The van der Waals surface area contributed by atoms with E-state index in [9.17, 15) is 4.79 Å². The van der Waals surface area contributed by atoms with Crippen LogP contribution in [0.2, 0.25) is 0 Å². The average Bonchev–Trinajstić information content (AvgIpc) is 2.89. The van der Waals surface area contributed by atoms with E-state index in [4.69, 9.17) is 10.5 Å². The van der Waals surface area contributed by atoms with Crippen molar-refractivity contribution in [3.05, 3.63) is 29.8 Å². The van der Waals surface area contributed by atoms with Gasteiger partial charge in [0, 0.05) is 12.6 Å². The molecule has 114 valence electrons. The summed E-state index contributed by atoms with van der Waals surface area (Å²) in [7, 11) is 0. The summed E-state index contributed by atoms with van der Waals surface area (Å²) in [5.74, 6) is 1.10. The van der Waals surface area contributed by atoms with Gasteiger partial charge in [-0.15, -0.1) is 0 Å². The van der Waals surface area contributed by atoms with Crippen LogP contribution in [-0.2, 0) is 11.2 Å². The Balaban J connectivity index is 1.50. The Bertz CT molecular complexity index is 514. The highest BCUT2D eigenvalue weighted by Crippen LogP contribution is 2.23. The summed E-state index contributed by atoms with van der Waals surface area (Å²) >= 11 is 0. The highest BCUT2D eigenvalue weighted by molar-refractivity contribution is 5.83. The number of rotatable bonds is 4. The molecule has 1 aromatic carbocycles. The predicted octanol–water partition coefficient (Wildman–Crippen LogP) is 0.528. The second-order valence-corrected chi connectivity index (χ2v) is 5.90. The maximum atomic E-state index is 12.2. The zero-order valence-corrected chi connectivity index (χ0v) is 12.4. The highest BCUT2D eigenvalue weighted by Gasteiger charge is 2.38. The minimum Gasteiger partial charge on any atom is -0.486 e. The summed E-state index contributed by atoms with van der Waals surface area (Å²) in [6.07, 6.45) is 1.80. The van der Waals surface area contributed by atoms with E-state index in [1.165, 1.54) is 5.56 Å². The van der Waals surface area contributed by atoms with Crippen molar-refractivity contribution in [1.29, 1.82) is 0 Å². The van der Waals surface area contributed by atoms with Crippen LogP contribution in [0.5, 0.6) is 5.75 Å². The van der Waals surface area contributed by atoms with Crippen molar-refractivity contribution in [2.24, 2.45) is 5.73 Å². The number of aryl methyl sites for hydroxylation is 1. The summed E-state index contributed by atoms with van der Waals surface area (Å²) in [5.41, 5.74) is 7.04. The molecule has 0 unspecified atom stereocenters. The largest absolute Gasteiger partial charge is 0.486 e. The van der Waals surface area contributed by atoms with Gasteiger partial charge in [0.15, 0.2) is 0 Å². The van der Waals surface area contributed by atoms with Gasteiger partial charge in [0.2, 0.25) is 5.91 Å². The van der Waals surface area contributed by atoms with Crippen molar-refractivity contribution < 1.29 is 9.53 Å². The number of nitrogens with one attached hydrogen (secondary N) is 1. The number of para-hydroxylation sites is 1. The lowest BCUT2D eigenvalue weighted by Crippen LogP contribution is -2.59. The molecule has 5 nitrogen and oxygen atoms in total. The number of nitrogens with two attached hydrogens (primary N) is 1. The van der Waals surface area contributed by atoms with Crippen LogP contribution in [0.1, 0.15) is 18.9 Å². The Morgan fingerprint density at radius 1 is 1.43 bits per heavy atom. The molecule has 0 aromatic heterocycles. The Hall–Kier alpha value is -1.59. The van der Waals surface area contributed by atoms with Crippen LogP contribution in [-0.4, -0.2) is 48.6 Å². The molecule has 2 atom stereocenters. The van der Waals surface area contributed by atoms with E-state index in [1.54, 1.807) is 0 Å². The number of benzene rings is 1. The molecule has 2 heterocycles. The molecule has 0 radical (unpaired) electrons. The second-order valence-electron chi connectivity index (χ2n) is 5.90. The number of carbonyl (C=O) groups excluding carboxylic acids is 1. The number of likely N-dealkylation sites (tertiary alicyclic amines) is 1. The van der Waals surface area contributed by atoms with E-state index in [2.05, 4.69) is 18.3 Å². The van der Waals surface area contributed by atoms with Gasteiger partial charge in [-0.1, -0.05) is 25.1 Å². The number of amides is 1. The third kappa shape index (κ3) is 3.04. The summed E-state index contributed by atoms with van der Waals surface area (Å²) in [4.78, 5) is 14.1. The number of hydrogen-bond donors (Lipinski definition) is 2. The molecule has 3 N–H and O–H groups in total. The van der Waals surface area contributed by atoms with Gasteiger partial charge in [0.05, 0.1) is 19.1 Å². The molecule has 1 aromatic rings. The summed E-state index contributed by atoms with van der Waals surface area (Å²) in [5, 5.41) is 3.18. The van der Waals surface area contributed by atoms with E-state index in [0.29, 0.717) is 13.1 Å². The van der Waals surface area contributed by atoms with Crippen LogP contribution in [0.25, 0.3) is 0 Å². The monoisotopic (exact) mass is 289 g/mol. The third-order valence-corrected chi connectivity index (χ3v) is 4.27. The minimum atomic E-state index is -0.108. The van der Waals surface area contributed by atoms with Crippen molar-refractivity contribution in [3.63, 3.8) is 0 Å². The fourth-order valence-electron chi connectivity index (χ4n) is 2.95. The molecule has 0 bridgehead atoms. The van der Waals surface area contributed by atoms with Gasteiger partial charge in [-0.05, 0) is 24.5 Å². The van der Waals surface area contributed by atoms with E-state index >= 15 is 0 Å². The van der Waals surface area contributed by atoms with Gasteiger partial charge in [0.1, 0.15) is 11.9 Å². The molecule has 3 rings (SSSR count). The number of hydrogen-bond acceptors (Lipinski definition) is 4. The van der Waals surface area contributed by atoms with Gasteiger partial charge < -0.3 is 20.7 Å². The first-order valence-corrected chi connectivity index (χ1v) is 7.69. The average molecular weight is 289 g/mol. The molecule has 0 saturated carbocycles. The van der Waals surface area contributed by atoms with Crippen molar-refractivity contribution in [3.8, 4) is 5.75 Å². The van der Waals surface area contributed by atoms with Gasteiger partial charge >= 0.3 is 0 Å². The summed E-state index contributed by atoms with van der Waals surface area (Å²) in [6.45, 7) is 4.19. The first-order chi connectivity index (χ1) is 10.2. The maximum Gasteiger partial charge on any atom is 0.240 e. The topological polar surface area (TPSA) is 67.6 Å². The van der Waals surface area contributed by atoms with Crippen LogP contribution in [0, 0.1) is 0 Å². The van der Waals surface area contributed by atoms with Gasteiger partial charge in [0.25, 0.3) is 0 Å². The SMILES string of the molecule is CCc1ccccc1OC1CN(C(=O)[C@@H]2C[C@@H](N)CN2)C1. The lowest BCUT2D eigenvalue weighted by atomic mass is 10.1. The first-order valence-electron chi connectivity index (χ1n) is 7.69. The minimum absolute atomic E-state index is 0.101. The fraction of sp³-hybridized carbons (Fsp3) is 0.562. The van der Waals surface area contributed by atoms with Crippen molar-refractivity contribution in [1.82, 2.24) is 10.2 Å². The number of carbonyl (C=O) groups is 1. The normalized spacial score (nSPS) is 25.7. The lowest BCUT2D eigenvalue weighted by molar-refractivity contribution is -0.141. The van der Waals surface area contributed by atoms with E-state index < -0.39 is 0 Å². The Morgan fingerprint density at radius 3 is 2.86 bits per heavy atom. The molecule has 2 fully saturated rings. The summed E-state index contributed by atoms with van der Waals surface area (Å²) in [6, 6.07) is 8.09. The smallest absolute Gasteiger partial charge is 0.240 e. The van der Waals surface area contributed by atoms with Crippen LogP contribution in [0.3, 0.4) is 0 Å². The Labute approximate surface area is 125 Å². The predicted molar refractivity (Wildman–Crippen MR) is 81.2 cm³/mol. The molecule has 1 amide bonds. The maximum absolute atomic E-state index is 12.2. The number of nitrogens with zero attached hydrogens (tertiary/aromatic N) is 1. The molecule has 2 aliphatic rings. The van der Waals surface area contributed by atoms with E-state index in [-0.39, 0.29) is 24.1 Å². The summed E-state index contributed by atoms with van der Waals surface area (Å²) < 4.78 is 6.00. The highest BCUT2D eigenvalue weighted by atomic mass is 16.5. The van der Waals surface area contributed by atoms with Gasteiger partial charge in [-0.25, -0.2) is 0 Å².